The minimum atomic E-state index is -0.511. The fraction of sp³-hybridized carbons (Fsp3) is 0.333. The average Bonchev–Trinajstić information content (AvgIpc) is 2.92. The Morgan fingerprint density at radius 3 is 2.42 bits per heavy atom. The fourth-order valence-corrected chi connectivity index (χ4v) is 3.19. The highest BCUT2D eigenvalue weighted by molar-refractivity contribution is 5.94. The molecule has 1 amide bonds. The molecule has 136 valence electrons. The summed E-state index contributed by atoms with van der Waals surface area (Å²) in [6.07, 6.45) is 2.86. The van der Waals surface area contributed by atoms with E-state index in [2.05, 4.69) is 18.2 Å². The Kier molecular flexibility index (Phi) is 5.26. The van der Waals surface area contributed by atoms with Gasteiger partial charge in [0, 0.05) is 18.7 Å². The summed E-state index contributed by atoms with van der Waals surface area (Å²) in [6, 6.07) is 10.1. The maximum Gasteiger partial charge on any atom is 0.342 e. The molecule has 0 aliphatic carbocycles. The molecular formula is C21H23NO4. The van der Waals surface area contributed by atoms with E-state index in [9.17, 15) is 9.59 Å². The van der Waals surface area contributed by atoms with Crippen LogP contribution >= 0.6 is 0 Å². The predicted molar refractivity (Wildman–Crippen MR) is 98.8 cm³/mol. The Labute approximate surface area is 153 Å². The van der Waals surface area contributed by atoms with Gasteiger partial charge in [-0.3, -0.25) is 4.79 Å². The molecule has 1 aromatic heterocycles. The molecule has 0 saturated heterocycles. The van der Waals surface area contributed by atoms with Gasteiger partial charge in [0.2, 0.25) is 0 Å². The SMILES string of the molecule is Cc1oc(C)c(C(=O)OCC(=O)N2CC=C(c3ccccc3)CC2)c1C. The van der Waals surface area contributed by atoms with Gasteiger partial charge in [-0.1, -0.05) is 36.4 Å². The zero-order chi connectivity index (χ0) is 18.7. The standard InChI is InChI=1S/C21H23NO4/c1-14-15(2)26-16(3)20(14)21(24)25-13-19(23)22-11-9-18(10-12-22)17-7-5-4-6-8-17/h4-9H,10-13H2,1-3H3. The van der Waals surface area contributed by atoms with E-state index >= 15 is 0 Å². The smallest absolute Gasteiger partial charge is 0.342 e. The number of aryl methyl sites for hydroxylation is 2. The van der Waals surface area contributed by atoms with Gasteiger partial charge in [-0.2, -0.15) is 0 Å². The molecule has 5 nitrogen and oxygen atoms in total. The first-order valence-corrected chi connectivity index (χ1v) is 8.73. The van der Waals surface area contributed by atoms with Crippen LogP contribution in [0.3, 0.4) is 0 Å². The maximum atomic E-state index is 12.3. The third kappa shape index (κ3) is 3.72. The average molecular weight is 353 g/mol. The van der Waals surface area contributed by atoms with Gasteiger partial charge in [0.25, 0.3) is 5.91 Å². The number of carbonyl (C=O) groups excluding carboxylic acids is 2. The molecule has 3 rings (SSSR count). The summed E-state index contributed by atoms with van der Waals surface area (Å²) in [6.45, 7) is 6.23. The van der Waals surface area contributed by atoms with Crippen molar-refractivity contribution in [2.75, 3.05) is 19.7 Å². The van der Waals surface area contributed by atoms with Gasteiger partial charge in [0.15, 0.2) is 6.61 Å². The minimum absolute atomic E-state index is 0.183. The fourth-order valence-electron chi connectivity index (χ4n) is 3.19. The van der Waals surface area contributed by atoms with Gasteiger partial charge in [-0.05, 0) is 38.3 Å². The number of carbonyl (C=O) groups is 2. The molecule has 2 aromatic rings. The van der Waals surface area contributed by atoms with Crippen LogP contribution in [0.15, 0.2) is 40.8 Å². The van der Waals surface area contributed by atoms with Crippen molar-refractivity contribution in [3.63, 3.8) is 0 Å². The summed E-state index contributed by atoms with van der Waals surface area (Å²) in [5.41, 5.74) is 3.60. The number of hydrogen-bond donors (Lipinski definition) is 0. The first-order chi connectivity index (χ1) is 12.5. The lowest BCUT2D eigenvalue weighted by atomic mass is 10.00. The summed E-state index contributed by atoms with van der Waals surface area (Å²) in [4.78, 5) is 26.3. The first kappa shape index (κ1) is 18.0. The summed E-state index contributed by atoms with van der Waals surface area (Å²) < 4.78 is 10.7. The Balaban J connectivity index is 1.56. The van der Waals surface area contributed by atoms with Crippen LogP contribution in [0.4, 0.5) is 0 Å². The molecule has 0 atom stereocenters. The Morgan fingerprint density at radius 2 is 1.85 bits per heavy atom. The monoisotopic (exact) mass is 353 g/mol. The number of furan rings is 1. The lowest BCUT2D eigenvalue weighted by molar-refractivity contribution is -0.134. The molecule has 0 radical (unpaired) electrons. The van der Waals surface area contributed by atoms with Crippen molar-refractivity contribution in [3.8, 4) is 0 Å². The highest BCUT2D eigenvalue weighted by atomic mass is 16.5. The van der Waals surface area contributed by atoms with Crippen molar-refractivity contribution in [2.45, 2.75) is 27.2 Å². The quantitative estimate of drug-likeness (QED) is 0.787. The second kappa shape index (κ2) is 7.60. The number of amides is 1. The third-order valence-corrected chi connectivity index (χ3v) is 4.80. The van der Waals surface area contributed by atoms with Crippen molar-refractivity contribution in [1.29, 1.82) is 0 Å². The molecule has 0 N–H and O–H groups in total. The van der Waals surface area contributed by atoms with Crippen LogP contribution in [-0.4, -0.2) is 36.5 Å². The van der Waals surface area contributed by atoms with Crippen molar-refractivity contribution in [2.24, 2.45) is 0 Å². The van der Waals surface area contributed by atoms with Crippen LogP contribution in [0, 0.1) is 20.8 Å². The first-order valence-electron chi connectivity index (χ1n) is 8.73. The number of rotatable bonds is 4. The van der Waals surface area contributed by atoms with Crippen LogP contribution in [0.25, 0.3) is 5.57 Å². The van der Waals surface area contributed by atoms with Crippen molar-refractivity contribution in [1.82, 2.24) is 4.90 Å². The zero-order valence-electron chi connectivity index (χ0n) is 15.4. The topological polar surface area (TPSA) is 59.8 Å². The van der Waals surface area contributed by atoms with E-state index in [4.69, 9.17) is 9.15 Å². The van der Waals surface area contributed by atoms with E-state index in [1.54, 1.807) is 18.7 Å². The number of benzene rings is 1. The predicted octanol–water partition coefficient (Wildman–Crippen LogP) is 3.68. The molecule has 0 unspecified atom stereocenters. The third-order valence-electron chi connectivity index (χ3n) is 4.80. The van der Waals surface area contributed by atoms with Gasteiger partial charge in [0.1, 0.15) is 17.1 Å². The molecule has 1 aliphatic heterocycles. The van der Waals surface area contributed by atoms with Gasteiger partial charge >= 0.3 is 5.97 Å². The summed E-state index contributed by atoms with van der Waals surface area (Å²) in [5.74, 6) is 0.515. The van der Waals surface area contributed by atoms with E-state index in [0.29, 0.717) is 30.2 Å². The molecular weight excluding hydrogens is 330 g/mol. The lowest BCUT2D eigenvalue weighted by Crippen LogP contribution is -2.37. The highest BCUT2D eigenvalue weighted by Gasteiger charge is 2.23. The molecule has 5 heteroatoms. The van der Waals surface area contributed by atoms with E-state index in [-0.39, 0.29) is 12.5 Å². The number of hydrogen-bond acceptors (Lipinski definition) is 4. The van der Waals surface area contributed by atoms with Gasteiger partial charge in [-0.15, -0.1) is 0 Å². The van der Waals surface area contributed by atoms with Crippen LogP contribution in [0.1, 0.15) is 39.4 Å². The van der Waals surface area contributed by atoms with Crippen molar-refractivity contribution < 1.29 is 18.7 Å². The Morgan fingerprint density at radius 1 is 1.12 bits per heavy atom. The van der Waals surface area contributed by atoms with Crippen LogP contribution < -0.4 is 0 Å². The van der Waals surface area contributed by atoms with Gasteiger partial charge < -0.3 is 14.1 Å². The largest absolute Gasteiger partial charge is 0.465 e. The second-order valence-electron chi connectivity index (χ2n) is 6.48. The van der Waals surface area contributed by atoms with Crippen LogP contribution in [-0.2, 0) is 9.53 Å². The van der Waals surface area contributed by atoms with Crippen LogP contribution in [0.2, 0.25) is 0 Å². The molecule has 1 aromatic carbocycles. The molecule has 26 heavy (non-hydrogen) atoms. The molecule has 0 bridgehead atoms. The van der Waals surface area contributed by atoms with E-state index in [1.165, 1.54) is 11.1 Å². The summed E-state index contributed by atoms with van der Waals surface area (Å²) in [5, 5.41) is 0. The molecule has 1 aliphatic rings. The molecule has 2 heterocycles. The number of esters is 1. The number of nitrogens with zero attached hydrogens (tertiary/aromatic N) is 1. The minimum Gasteiger partial charge on any atom is -0.465 e. The van der Waals surface area contributed by atoms with E-state index < -0.39 is 5.97 Å². The van der Waals surface area contributed by atoms with Crippen LogP contribution in [0.5, 0.6) is 0 Å². The molecule has 0 spiro atoms. The van der Waals surface area contributed by atoms with Gasteiger partial charge in [-0.25, -0.2) is 4.79 Å². The van der Waals surface area contributed by atoms with E-state index in [1.807, 2.05) is 25.1 Å². The number of ether oxygens (including phenoxy) is 1. The van der Waals surface area contributed by atoms with Crippen molar-refractivity contribution >= 4 is 17.4 Å². The molecule has 0 saturated carbocycles. The molecule has 0 fully saturated rings. The highest BCUT2D eigenvalue weighted by Crippen LogP contribution is 2.23. The lowest BCUT2D eigenvalue weighted by Gasteiger charge is -2.26. The Bertz CT molecular complexity index is 848. The summed E-state index contributed by atoms with van der Waals surface area (Å²) in [7, 11) is 0. The summed E-state index contributed by atoms with van der Waals surface area (Å²) >= 11 is 0. The normalized spacial score (nSPS) is 14.1. The van der Waals surface area contributed by atoms with E-state index in [0.717, 1.165) is 12.0 Å². The second-order valence-corrected chi connectivity index (χ2v) is 6.48. The Hall–Kier alpha value is -2.82. The van der Waals surface area contributed by atoms with Crippen molar-refractivity contribution in [3.05, 3.63) is 64.6 Å². The van der Waals surface area contributed by atoms with Gasteiger partial charge in [0.05, 0.1) is 0 Å². The zero-order valence-corrected chi connectivity index (χ0v) is 15.4. The maximum absolute atomic E-state index is 12.3.